The molecule has 5 rings (SSSR count). The summed E-state index contributed by atoms with van der Waals surface area (Å²) in [5.74, 6) is 2.47. The molecule has 6 nitrogen and oxygen atoms in total. The Bertz CT molecular complexity index is 940. The lowest BCUT2D eigenvalue weighted by Gasteiger charge is -2.53. The molecular formula is C23H32N4O2S2. The van der Waals surface area contributed by atoms with Crippen LogP contribution in [0.15, 0.2) is 12.5 Å². The molecule has 1 amide bonds. The van der Waals surface area contributed by atoms with Gasteiger partial charge in [-0.15, -0.1) is 11.3 Å². The van der Waals surface area contributed by atoms with Crippen molar-refractivity contribution in [1.82, 2.24) is 19.9 Å². The Balaban J connectivity index is 1.40. The van der Waals surface area contributed by atoms with E-state index in [0.717, 1.165) is 60.3 Å². The molecule has 1 saturated carbocycles. The number of carbonyl (C=O) groups excluding carboxylic acids is 1. The SMILES string of the molecule is CC(C(=O)N1CCSCC1)C1CCC2(C)Cc3sc(-c4cnc[nH]4)nc3C(C)C2C1O. The highest BCUT2D eigenvalue weighted by molar-refractivity contribution is 7.99. The van der Waals surface area contributed by atoms with Crippen molar-refractivity contribution in [2.45, 2.75) is 52.1 Å². The van der Waals surface area contributed by atoms with Gasteiger partial charge in [0, 0.05) is 41.3 Å². The van der Waals surface area contributed by atoms with Gasteiger partial charge in [0.15, 0.2) is 0 Å². The smallest absolute Gasteiger partial charge is 0.225 e. The molecule has 8 heteroatoms. The fourth-order valence-electron chi connectivity index (χ4n) is 6.29. The molecule has 1 aliphatic heterocycles. The number of amides is 1. The number of rotatable bonds is 3. The summed E-state index contributed by atoms with van der Waals surface area (Å²) in [5.41, 5.74) is 2.13. The molecule has 0 bridgehead atoms. The van der Waals surface area contributed by atoms with Crippen LogP contribution in [0.5, 0.6) is 0 Å². The van der Waals surface area contributed by atoms with Crippen LogP contribution in [0.2, 0.25) is 0 Å². The number of fused-ring (bicyclic) bond motifs is 2. The molecule has 6 unspecified atom stereocenters. The normalized spacial score (nSPS) is 34.1. The van der Waals surface area contributed by atoms with Crippen LogP contribution in [0.4, 0.5) is 0 Å². The highest BCUT2D eigenvalue weighted by Gasteiger charge is 2.54. The summed E-state index contributed by atoms with van der Waals surface area (Å²) in [4.78, 5) is 28.8. The molecule has 3 heterocycles. The molecular weight excluding hydrogens is 428 g/mol. The van der Waals surface area contributed by atoms with Crippen LogP contribution in [-0.2, 0) is 11.2 Å². The van der Waals surface area contributed by atoms with Crippen molar-refractivity contribution >= 4 is 29.0 Å². The maximum atomic E-state index is 13.2. The molecule has 2 N–H and O–H groups in total. The van der Waals surface area contributed by atoms with Crippen molar-refractivity contribution in [3.8, 4) is 10.7 Å². The largest absolute Gasteiger partial charge is 0.392 e. The Morgan fingerprint density at radius 2 is 2.16 bits per heavy atom. The van der Waals surface area contributed by atoms with Gasteiger partial charge in [-0.25, -0.2) is 9.97 Å². The van der Waals surface area contributed by atoms with Crippen molar-refractivity contribution < 1.29 is 9.90 Å². The number of aliphatic hydroxyl groups is 1. The highest BCUT2D eigenvalue weighted by atomic mass is 32.2. The van der Waals surface area contributed by atoms with Crippen LogP contribution < -0.4 is 0 Å². The Morgan fingerprint density at radius 3 is 2.87 bits per heavy atom. The first-order valence-electron chi connectivity index (χ1n) is 11.4. The molecule has 0 spiro atoms. The number of thioether (sulfide) groups is 1. The summed E-state index contributed by atoms with van der Waals surface area (Å²) in [6.07, 6.45) is 5.96. The average Bonchev–Trinajstić information content (AvgIpc) is 3.43. The summed E-state index contributed by atoms with van der Waals surface area (Å²) in [5, 5.41) is 12.6. The molecule has 31 heavy (non-hydrogen) atoms. The topological polar surface area (TPSA) is 82.1 Å². The van der Waals surface area contributed by atoms with Gasteiger partial charge in [-0.3, -0.25) is 4.79 Å². The zero-order chi connectivity index (χ0) is 21.8. The third kappa shape index (κ3) is 3.64. The second-order valence-corrected chi connectivity index (χ2v) is 12.2. The number of nitrogens with zero attached hydrogens (tertiary/aromatic N) is 3. The molecule has 0 radical (unpaired) electrons. The van der Waals surface area contributed by atoms with Crippen LogP contribution in [0.3, 0.4) is 0 Å². The third-order valence-corrected chi connectivity index (χ3v) is 10.1. The van der Waals surface area contributed by atoms with E-state index in [1.165, 1.54) is 4.88 Å². The Labute approximate surface area is 192 Å². The molecule has 168 valence electrons. The van der Waals surface area contributed by atoms with Gasteiger partial charge in [-0.1, -0.05) is 20.8 Å². The zero-order valence-electron chi connectivity index (χ0n) is 18.5. The van der Waals surface area contributed by atoms with Gasteiger partial charge in [0.2, 0.25) is 5.91 Å². The van der Waals surface area contributed by atoms with Gasteiger partial charge in [0.25, 0.3) is 0 Å². The van der Waals surface area contributed by atoms with Crippen molar-refractivity contribution in [1.29, 1.82) is 0 Å². The quantitative estimate of drug-likeness (QED) is 0.728. The third-order valence-electron chi connectivity index (χ3n) is 8.01. The lowest BCUT2D eigenvalue weighted by Crippen LogP contribution is -2.54. The average molecular weight is 461 g/mol. The van der Waals surface area contributed by atoms with E-state index in [9.17, 15) is 9.90 Å². The Morgan fingerprint density at radius 1 is 1.39 bits per heavy atom. The van der Waals surface area contributed by atoms with Gasteiger partial charge in [0.1, 0.15) is 5.01 Å². The number of carbonyl (C=O) groups is 1. The first kappa shape index (κ1) is 21.5. The van der Waals surface area contributed by atoms with Gasteiger partial charge in [-0.2, -0.15) is 11.8 Å². The standard InChI is InChI=1S/C23H32N4O2S2/c1-13(22(29)27-6-8-30-9-7-27)15-4-5-23(3)10-17-19(14(2)18(23)20(15)28)26-21(31-17)16-11-24-12-25-16/h11-15,18,20,28H,4-10H2,1-3H3,(H,24,25). The fourth-order valence-corrected chi connectivity index (χ4v) is 8.53. The van der Waals surface area contributed by atoms with Crippen LogP contribution in [0.25, 0.3) is 10.7 Å². The number of imidazole rings is 1. The van der Waals surface area contributed by atoms with E-state index in [2.05, 4.69) is 23.8 Å². The number of H-pyrrole nitrogens is 1. The van der Waals surface area contributed by atoms with E-state index in [0.29, 0.717) is 0 Å². The van der Waals surface area contributed by atoms with Gasteiger partial charge >= 0.3 is 0 Å². The molecule has 0 aromatic carbocycles. The van der Waals surface area contributed by atoms with Crippen LogP contribution in [0, 0.1) is 23.2 Å². The molecule has 2 aromatic heterocycles. The van der Waals surface area contributed by atoms with Crippen LogP contribution >= 0.6 is 23.1 Å². The number of hydrogen-bond donors (Lipinski definition) is 2. The van der Waals surface area contributed by atoms with E-state index in [1.807, 2.05) is 29.8 Å². The number of aromatic nitrogens is 3. The molecule has 2 aromatic rings. The van der Waals surface area contributed by atoms with Crippen LogP contribution in [0.1, 0.15) is 50.1 Å². The first-order chi connectivity index (χ1) is 14.9. The second-order valence-electron chi connectivity index (χ2n) is 9.86. The van der Waals surface area contributed by atoms with E-state index < -0.39 is 6.10 Å². The van der Waals surface area contributed by atoms with Crippen LogP contribution in [-0.4, -0.2) is 61.6 Å². The fraction of sp³-hybridized carbons (Fsp3) is 0.696. The minimum Gasteiger partial charge on any atom is -0.392 e. The summed E-state index contributed by atoms with van der Waals surface area (Å²) >= 11 is 3.67. The van der Waals surface area contributed by atoms with E-state index >= 15 is 0 Å². The predicted molar refractivity (Wildman–Crippen MR) is 125 cm³/mol. The van der Waals surface area contributed by atoms with Crippen molar-refractivity contribution in [2.75, 3.05) is 24.6 Å². The maximum absolute atomic E-state index is 13.2. The summed E-state index contributed by atoms with van der Waals surface area (Å²) in [7, 11) is 0. The second kappa shape index (κ2) is 8.19. The Kier molecular flexibility index (Phi) is 5.67. The minimum atomic E-state index is -0.475. The van der Waals surface area contributed by atoms with Gasteiger partial charge in [-0.05, 0) is 36.5 Å². The first-order valence-corrected chi connectivity index (χ1v) is 13.4. The minimum absolute atomic E-state index is 0.0230. The van der Waals surface area contributed by atoms with Crippen molar-refractivity contribution in [3.63, 3.8) is 0 Å². The molecule has 2 fully saturated rings. The number of aromatic amines is 1. The number of aliphatic hydroxyl groups excluding tert-OH is 1. The molecule has 3 aliphatic rings. The number of thiazole rings is 1. The predicted octanol–water partition coefficient (Wildman–Crippen LogP) is 3.80. The summed E-state index contributed by atoms with van der Waals surface area (Å²) in [6.45, 7) is 8.27. The zero-order valence-corrected chi connectivity index (χ0v) is 20.1. The summed E-state index contributed by atoms with van der Waals surface area (Å²) in [6, 6.07) is 0. The van der Waals surface area contributed by atoms with E-state index in [-0.39, 0.29) is 35.0 Å². The van der Waals surface area contributed by atoms with Crippen molar-refractivity contribution in [3.05, 3.63) is 23.1 Å². The summed E-state index contributed by atoms with van der Waals surface area (Å²) < 4.78 is 0. The van der Waals surface area contributed by atoms with E-state index in [4.69, 9.17) is 4.98 Å². The number of nitrogens with one attached hydrogen (secondary N) is 1. The molecule has 1 saturated heterocycles. The monoisotopic (exact) mass is 460 g/mol. The van der Waals surface area contributed by atoms with Crippen molar-refractivity contribution in [2.24, 2.45) is 23.2 Å². The van der Waals surface area contributed by atoms with Gasteiger partial charge in [0.05, 0.1) is 30.0 Å². The Hall–Kier alpha value is -1.38. The lowest BCUT2D eigenvalue weighted by molar-refractivity contribution is -0.144. The lowest BCUT2D eigenvalue weighted by atomic mass is 9.53. The molecule has 6 atom stereocenters. The highest BCUT2D eigenvalue weighted by Crippen LogP contribution is 2.57. The molecule has 2 aliphatic carbocycles. The van der Waals surface area contributed by atoms with Gasteiger partial charge < -0.3 is 15.0 Å². The number of hydrogen-bond acceptors (Lipinski definition) is 6. The maximum Gasteiger partial charge on any atom is 0.225 e. The van der Waals surface area contributed by atoms with E-state index in [1.54, 1.807) is 17.7 Å².